The summed E-state index contributed by atoms with van der Waals surface area (Å²) in [5.74, 6) is 0.789. The lowest BCUT2D eigenvalue weighted by atomic mass is 9.92. The summed E-state index contributed by atoms with van der Waals surface area (Å²) in [5, 5.41) is 0. The molecule has 0 bridgehead atoms. The molecule has 0 aliphatic carbocycles. The molecule has 0 spiro atoms. The number of rotatable bonds is 9. The Bertz CT molecular complexity index is 161. The molecule has 1 unspecified atom stereocenters. The summed E-state index contributed by atoms with van der Waals surface area (Å²) >= 11 is 0. The lowest BCUT2D eigenvalue weighted by molar-refractivity contribution is 0.412. The maximum atomic E-state index is 5.60. The number of hydrogen-bond acceptors (Lipinski definition) is 1. The fraction of sp³-hybridized carbons (Fsp3) is 0.692. The molecule has 1 heteroatoms. The van der Waals surface area contributed by atoms with Crippen LogP contribution in [-0.4, -0.2) is 6.54 Å². The van der Waals surface area contributed by atoms with E-state index in [4.69, 9.17) is 5.73 Å². The first-order chi connectivity index (χ1) is 6.74. The van der Waals surface area contributed by atoms with Crippen LogP contribution in [0.15, 0.2) is 24.8 Å². The number of unbranched alkanes of at least 4 members (excludes halogenated alkanes) is 1. The molecule has 0 aromatic rings. The maximum Gasteiger partial charge on any atom is -0.00746 e. The highest BCUT2D eigenvalue weighted by Gasteiger charge is 2.07. The van der Waals surface area contributed by atoms with E-state index in [-0.39, 0.29) is 0 Å². The van der Waals surface area contributed by atoms with E-state index >= 15 is 0 Å². The SMILES string of the molecule is C=CC(=C)CCC(CCN)CCCC. The largest absolute Gasteiger partial charge is 0.330 e. The predicted octanol–water partition coefficient (Wildman–Crippen LogP) is 3.66. The van der Waals surface area contributed by atoms with Crippen LogP contribution in [0.4, 0.5) is 0 Å². The van der Waals surface area contributed by atoms with Crippen molar-refractivity contribution in [2.45, 2.75) is 45.4 Å². The Morgan fingerprint density at radius 1 is 1.36 bits per heavy atom. The van der Waals surface area contributed by atoms with Crippen molar-refractivity contribution < 1.29 is 0 Å². The van der Waals surface area contributed by atoms with Gasteiger partial charge in [0.15, 0.2) is 0 Å². The van der Waals surface area contributed by atoms with Crippen molar-refractivity contribution in [1.29, 1.82) is 0 Å². The zero-order valence-electron chi connectivity index (χ0n) is 9.60. The van der Waals surface area contributed by atoms with Crippen LogP contribution in [-0.2, 0) is 0 Å². The number of hydrogen-bond donors (Lipinski definition) is 1. The third-order valence-electron chi connectivity index (χ3n) is 2.70. The lowest BCUT2D eigenvalue weighted by Gasteiger charge is -2.15. The van der Waals surface area contributed by atoms with Gasteiger partial charge in [-0.2, -0.15) is 0 Å². The third-order valence-corrected chi connectivity index (χ3v) is 2.70. The van der Waals surface area contributed by atoms with Crippen molar-refractivity contribution in [3.05, 3.63) is 24.8 Å². The maximum absolute atomic E-state index is 5.60. The van der Waals surface area contributed by atoms with Crippen LogP contribution < -0.4 is 5.73 Å². The van der Waals surface area contributed by atoms with Gasteiger partial charge in [0.1, 0.15) is 0 Å². The summed E-state index contributed by atoms with van der Waals surface area (Å²) in [6.45, 7) is 10.7. The Morgan fingerprint density at radius 2 is 2.07 bits per heavy atom. The minimum absolute atomic E-state index is 0.789. The van der Waals surface area contributed by atoms with Crippen LogP contribution >= 0.6 is 0 Å². The topological polar surface area (TPSA) is 26.0 Å². The average Bonchev–Trinajstić information content (AvgIpc) is 2.21. The molecular weight excluding hydrogens is 170 g/mol. The molecule has 14 heavy (non-hydrogen) atoms. The summed E-state index contributed by atoms with van der Waals surface area (Å²) < 4.78 is 0. The number of nitrogens with two attached hydrogens (primary N) is 1. The summed E-state index contributed by atoms with van der Waals surface area (Å²) in [6, 6.07) is 0. The third kappa shape index (κ3) is 6.90. The Labute approximate surface area is 89.1 Å². The molecule has 0 heterocycles. The van der Waals surface area contributed by atoms with Crippen LogP contribution in [0.3, 0.4) is 0 Å². The van der Waals surface area contributed by atoms with Crippen LogP contribution in [0.2, 0.25) is 0 Å². The van der Waals surface area contributed by atoms with Gasteiger partial charge in [-0.3, -0.25) is 0 Å². The molecule has 0 aliphatic rings. The summed E-state index contributed by atoms with van der Waals surface area (Å²) in [5.41, 5.74) is 6.75. The van der Waals surface area contributed by atoms with Crippen LogP contribution in [0, 0.1) is 5.92 Å². The first-order valence-corrected chi connectivity index (χ1v) is 5.74. The minimum atomic E-state index is 0.789. The quantitative estimate of drug-likeness (QED) is 0.558. The van der Waals surface area contributed by atoms with Gasteiger partial charge in [-0.1, -0.05) is 51.0 Å². The second kappa shape index (κ2) is 9.01. The van der Waals surface area contributed by atoms with E-state index < -0.39 is 0 Å². The molecule has 0 aromatic carbocycles. The van der Waals surface area contributed by atoms with Crippen molar-refractivity contribution in [3.63, 3.8) is 0 Å². The summed E-state index contributed by atoms with van der Waals surface area (Å²) in [4.78, 5) is 0. The number of allylic oxidation sites excluding steroid dienone is 2. The van der Waals surface area contributed by atoms with E-state index in [1.54, 1.807) is 0 Å². The van der Waals surface area contributed by atoms with Crippen molar-refractivity contribution in [2.75, 3.05) is 6.54 Å². The highest BCUT2D eigenvalue weighted by molar-refractivity contribution is 5.10. The van der Waals surface area contributed by atoms with E-state index in [0.717, 1.165) is 30.9 Å². The Kier molecular flexibility index (Phi) is 8.65. The second-order valence-corrected chi connectivity index (χ2v) is 3.99. The zero-order valence-corrected chi connectivity index (χ0v) is 9.60. The fourth-order valence-corrected chi connectivity index (χ4v) is 1.65. The lowest BCUT2D eigenvalue weighted by Crippen LogP contribution is -2.09. The highest BCUT2D eigenvalue weighted by Crippen LogP contribution is 2.20. The minimum Gasteiger partial charge on any atom is -0.330 e. The molecule has 0 fully saturated rings. The van der Waals surface area contributed by atoms with Gasteiger partial charge in [0.05, 0.1) is 0 Å². The van der Waals surface area contributed by atoms with Crippen molar-refractivity contribution in [1.82, 2.24) is 0 Å². The Hall–Kier alpha value is -0.560. The molecule has 0 saturated carbocycles. The Balaban J connectivity index is 3.71. The van der Waals surface area contributed by atoms with E-state index in [1.165, 1.54) is 25.7 Å². The smallest absolute Gasteiger partial charge is 0.00746 e. The van der Waals surface area contributed by atoms with Gasteiger partial charge in [-0.15, -0.1) is 0 Å². The van der Waals surface area contributed by atoms with Gasteiger partial charge in [0.25, 0.3) is 0 Å². The molecule has 0 radical (unpaired) electrons. The molecule has 0 aliphatic heterocycles. The van der Waals surface area contributed by atoms with Gasteiger partial charge in [0, 0.05) is 0 Å². The molecule has 0 aromatic heterocycles. The standard InChI is InChI=1S/C13H25N/c1-4-6-7-13(10-11-14)9-8-12(3)5-2/h5,13H,2-4,6-11,14H2,1H3. The average molecular weight is 195 g/mol. The molecular formula is C13H25N. The molecule has 1 nitrogen and oxygen atoms in total. The first kappa shape index (κ1) is 13.4. The van der Waals surface area contributed by atoms with E-state index in [9.17, 15) is 0 Å². The van der Waals surface area contributed by atoms with Gasteiger partial charge < -0.3 is 5.73 Å². The zero-order chi connectivity index (χ0) is 10.8. The molecule has 82 valence electrons. The van der Waals surface area contributed by atoms with E-state index in [2.05, 4.69) is 20.1 Å². The molecule has 0 saturated heterocycles. The van der Waals surface area contributed by atoms with Gasteiger partial charge in [-0.05, 0) is 31.7 Å². The van der Waals surface area contributed by atoms with Gasteiger partial charge >= 0.3 is 0 Å². The fourth-order valence-electron chi connectivity index (χ4n) is 1.65. The van der Waals surface area contributed by atoms with E-state index in [1.807, 2.05) is 6.08 Å². The van der Waals surface area contributed by atoms with Crippen LogP contribution in [0.1, 0.15) is 45.4 Å². The van der Waals surface area contributed by atoms with Crippen LogP contribution in [0.5, 0.6) is 0 Å². The summed E-state index contributed by atoms with van der Waals surface area (Å²) in [7, 11) is 0. The predicted molar refractivity (Wildman–Crippen MR) is 65.3 cm³/mol. The van der Waals surface area contributed by atoms with Crippen molar-refractivity contribution in [2.24, 2.45) is 11.7 Å². The van der Waals surface area contributed by atoms with E-state index in [0.29, 0.717) is 0 Å². The normalized spacial score (nSPS) is 12.4. The molecule has 0 amide bonds. The first-order valence-electron chi connectivity index (χ1n) is 5.74. The highest BCUT2D eigenvalue weighted by atomic mass is 14.5. The van der Waals surface area contributed by atoms with Gasteiger partial charge in [-0.25, -0.2) is 0 Å². The van der Waals surface area contributed by atoms with Crippen LogP contribution in [0.25, 0.3) is 0 Å². The molecule has 1 atom stereocenters. The summed E-state index contributed by atoms with van der Waals surface area (Å²) in [6.07, 6.45) is 9.25. The Morgan fingerprint density at radius 3 is 2.57 bits per heavy atom. The molecule has 2 N–H and O–H groups in total. The molecule has 0 rings (SSSR count). The van der Waals surface area contributed by atoms with Crippen molar-refractivity contribution >= 4 is 0 Å². The van der Waals surface area contributed by atoms with Gasteiger partial charge in [0.2, 0.25) is 0 Å². The van der Waals surface area contributed by atoms with Crippen molar-refractivity contribution in [3.8, 4) is 0 Å². The monoisotopic (exact) mass is 195 g/mol. The second-order valence-electron chi connectivity index (χ2n) is 3.99.